The van der Waals surface area contributed by atoms with Gasteiger partial charge in [0.25, 0.3) is 0 Å². The summed E-state index contributed by atoms with van der Waals surface area (Å²) in [6, 6.07) is 13.4. The first-order chi connectivity index (χ1) is 11.1. The molecule has 0 atom stereocenters. The first-order valence-corrected chi connectivity index (χ1v) is 7.22. The Balaban J connectivity index is 1.83. The molecular weight excluding hydrogens is 296 g/mol. The molecule has 0 aliphatic carbocycles. The maximum absolute atomic E-state index is 11.1. The predicted octanol–water partition coefficient (Wildman–Crippen LogP) is 3.00. The van der Waals surface area contributed by atoms with Crippen molar-refractivity contribution in [3.63, 3.8) is 0 Å². The first-order valence-electron chi connectivity index (χ1n) is 7.22. The van der Waals surface area contributed by atoms with E-state index < -0.39 is 11.9 Å². The molecule has 0 saturated heterocycles. The van der Waals surface area contributed by atoms with Crippen LogP contribution in [-0.2, 0) is 0 Å². The van der Waals surface area contributed by atoms with Crippen LogP contribution >= 0.6 is 0 Å². The number of hydrogen-bond donors (Lipinski definition) is 4. The van der Waals surface area contributed by atoms with E-state index in [9.17, 15) is 9.59 Å². The Morgan fingerprint density at radius 3 is 1.52 bits per heavy atom. The number of anilines is 2. The minimum Gasteiger partial charge on any atom is -0.478 e. The van der Waals surface area contributed by atoms with Crippen LogP contribution in [0.4, 0.5) is 11.4 Å². The molecule has 0 saturated carbocycles. The molecule has 6 nitrogen and oxygen atoms in total. The quantitative estimate of drug-likeness (QED) is 0.559. The lowest BCUT2D eigenvalue weighted by molar-refractivity contribution is 0.0687. The van der Waals surface area contributed by atoms with Crippen LogP contribution in [0.5, 0.6) is 0 Å². The molecule has 0 aliphatic rings. The van der Waals surface area contributed by atoms with Gasteiger partial charge in [0.1, 0.15) is 0 Å². The summed E-state index contributed by atoms with van der Waals surface area (Å²) in [6.07, 6.45) is 0.710. The first kappa shape index (κ1) is 16.4. The topological polar surface area (TPSA) is 98.7 Å². The Hall–Kier alpha value is -3.02. The molecule has 6 heteroatoms. The van der Waals surface area contributed by atoms with Gasteiger partial charge in [0.15, 0.2) is 0 Å². The second-order valence-corrected chi connectivity index (χ2v) is 4.91. The summed E-state index contributed by atoms with van der Waals surface area (Å²) in [5, 5.41) is 24.3. The standard InChI is InChI=1S/C17H18N2O4/c20-16(21)12-6-1-3-8-14(12)18-10-5-11-19-15-9-4-2-7-13(15)17(22)23/h1-4,6-9,18-19H,5,10-11H2,(H,20,21)(H,22,23). The third-order valence-corrected chi connectivity index (χ3v) is 3.30. The maximum atomic E-state index is 11.1. The van der Waals surface area contributed by atoms with E-state index in [0.717, 1.165) is 0 Å². The number of rotatable bonds is 8. The van der Waals surface area contributed by atoms with Crippen molar-refractivity contribution in [1.82, 2.24) is 0 Å². The molecule has 2 rings (SSSR count). The maximum Gasteiger partial charge on any atom is 0.337 e. The zero-order chi connectivity index (χ0) is 16.7. The normalized spacial score (nSPS) is 10.1. The smallest absolute Gasteiger partial charge is 0.337 e. The number of carbonyl (C=O) groups is 2. The van der Waals surface area contributed by atoms with Crippen LogP contribution in [-0.4, -0.2) is 35.2 Å². The highest BCUT2D eigenvalue weighted by molar-refractivity contribution is 5.94. The van der Waals surface area contributed by atoms with Gasteiger partial charge in [-0.15, -0.1) is 0 Å². The molecule has 0 heterocycles. The predicted molar refractivity (Wildman–Crippen MR) is 88.4 cm³/mol. The zero-order valence-electron chi connectivity index (χ0n) is 12.5. The summed E-state index contributed by atoms with van der Waals surface area (Å²) >= 11 is 0. The highest BCUT2D eigenvalue weighted by Crippen LogP contribution is 2.16. The molecule has 0 spiro atoms. The van der Waals surface area contributed by atoms with Crippen LogP contribution in [0.3, 0.4) is 0 Å². The van der Waals surface area contributed by atoms with Crippen molar-refractivity contribution in [2.45, 2.75) is 6.42 Å². The highest BCUT2D eigenvalue weighted by Gasteiger charge is 2.09. The van der Waals surface area contributed by atoms with Gasteiger partial charge in [0.2, 0.25) is 0 Å². The molecule has 23 heavy (non-hydrogen) atoms. The van der Waals surface area contributed by atoms with Crippen molar-refractivity contribution in [2.75, 3.05) is 23.7 Å². The van der Waals surface area contributed by atoms with Gasteiger partial charge in [-0.05, 0) is 30.7 Å². The van der Waals surface area contributed by atoms with E-state index in [2.05, 4.69) is 10.6 Å². The summed E-state index contributed by atoms with van der Waals surface area (Å²) in [5.74, 6) is -1.94. The monoisotopic (exact) mass is 314 g/mol. The molecular formula is C17H18N2O4. The van der Waals surface area contributed by atoms with Crippen LogP contribution in [0.25, 0.3) is 0 Å². The van der Waals surface area contributed by atoms with E-state index in [-0.39, 0.29) is 11.1 Å². The molecule has 0 bridgehead atoms. The van der Waals surface area contributed by atoms with Gasteiger partial charge >= 0.3 is 11.9 Å². The van der Waals surface area contributed by atoms with Crippen LogP contribution in [0.2, 0.25) is 0 Å². The Kier molecular flexibility index (Phi) is 5.57. The van der Waals surface area contributed by atoms with Gasteiger partial charge in [-0.25, -0.2) is 9.59 Å². The fourth-order valence-corrected chi connectivity index (χ4v) is 2.18. The third kappa shape index (κ3) is 4.47. The van der Waals surface area contributed by atoms with Crippen LogP contribution in [0, 0.1) is 0 Å². The number of aromatic carboxylic acids is 2. The Morgan fingerprint density at radius 2 is 1.13 bits per heavy atom. The average Bonchev–Trinajstić information content (AvgIpc) is 2.55. The lowest BCUT2D eigenvalue weighted by Crippen LogP contribution is -2.13. The minimum atomic E-state index is -0.971. The number of nitrogens with one attached hydrogen (secondary N) is 2. The number of carboxylic acids is 2. The van der Waals surface area contributed by atoms with Gasteiger partial charge in [-0.3, -0.25) is 0 Å². The van der Waals surface area contributed by atoms with E-state index in [1.807, 2.05) is 0 Å². The van der Waals surface area contributed by atoms with E-state index >= 15 is 0 Å². The second kappa shape index (κ2) is 7.84. The molecule has 0 unspecified atom stereocenters. The zero-order valence-corrected chi connectivity index (χ0v) is 12.5. The largest absolute Gasteiger partial charge is 0.478 e. The molecule has 4 N–H and O–H groups in total. The number of para-hydroxylation sites is 2. The molecule has 2 aromatic rings. The Morgan fingerprint density at radius 1 is 0.739 bits per heavy atom. The van der Waals surface area contributed by atoms with Crippen molar-refractivity contribution in [3.8, 4) is 0 Å². The molecule has 2 aromatic carbocycles. The Bertz CT molecular complexity index is 641. The van der Waals surface area contributed by atoms with Crippen molar-refractivity contribution in [1.29, 1.82) is 0 Å². The van der Waals surface area contributed by atoms with E-state index in [0.29, 0.717) is 30.9 Å². The van der Waals surface area contributed by atoms with Gasteiger partial charge in [-0.2, -0.15) is 0 Å². The van der Waals surface area contributed by atoms with Gasteiger partial charge in [0, 0.05) is 24.5 Å². The molecule has 0 aliphatic heterocycles. The lowest BCUT2D eigenvalue weighted by atomic mass is 10.1. The van der Waals surface area contributed by atoms with Crippen LogP contribution in [0.15, 0.2) is 48.5 Å². The lowest BCUT2D eigenvalue weighted by Gasteiger charge is -2.11. The number of benzene rings is 2. The van der Waals surface area contributed by atoms with Crippen molar-refractivity contribution < 1.29 is 19.8 Å². The van der Waals surface area contributed by atoms with Crippen LogP contribution in [0.1, 0.15) is 27.1 Å². The van der Waals surface area contributed by atoms with Crippen molar-refractivity contribution >= 4 is 23.3 Å². The fourth-order valence-electron chi connectivity index (χ4n) is 2.18. The molecule has 0 fully saturated rings. The van der Waals surface area contributed by atoms with Gasteiger partial charge in [-0.1, -0.05) is 24.3 Å². The van der Waals surface area contributed by atoms with Crippen molar-refractivity contribution in [2.24, 2.45) is 0 Å². The van der Waals surface area contributed by atoms with E-state index in [1.165, 1.54) is 0 Å². The minimum absolute atomic E-state index is 0.233. The second-order valence-electron chi connectivity index (χ2n) is 4.91. The SMILES string of the molecule is O=C(O)c1ccccc1NCCCNc1ccccc1C(=O)O. The number of carboxylic acid groups (broad SMARTS) is 2. The molecule has 120 valence electrons. The Labute approximate surface area is 133 Å². The highest BCUT2D eigenvalue weighted by atomic mass is 16.4. The van der Waals surface area contributed by atoms with Crippen LogP contribution < -0.4 is 10.6 Å². The van der Waals surface area contributed by atoms with Gasteiger partial charge < -0.3 is 20.8 Å². The fraction of sp³-hybridized carbons (Fsp3) is 0.176. The summed E-state index contributed by atoms with van der Waals surface area (Å²) in [4.78, 5) is 22.2. The summed E-state index contributed by atoms with van der Waals surface area (Å²) < 4.78 is 0. The molecule has 0 radical (unpaired) electrons. The van der Waals surface area contributed by atoms with E-state index in [4.69, 9.17) is 10.2 Å². The summed E-state index contributed by atoms with van der Waals surface area (Å²) in [6.45, 7) is 1.15. The van der Waals surface area contributed by atoms with Gasteiger partial charge in [0.05, 0.1) is 11.1 Å². The average molecular weight is 314 g/mol. The third-order valence-electron chi connectivity index (χ3n) is 3.30. The summed E-state index contributed by atoms with van der Waals surface area (Å²) in [7, 11) is 0. The molecule has 0 aromatic heterocycles. The van der Waals surface area contributed by atoms with Crippen molar-refractivity contribution in [3.05, 3.63) is 59.7 Å². The van der Waals surface area contributed by atoms with E-state index in [1.54, 1.807) is 48.5 Å². The molecule has 0 amide bonds. The number of hydrogen-bond acceptors (Lipinski definition) is 4. The summed E-state index contributed by atoms with van der Waals surface area (Å²) in [5.41, 5.74) is 1.62.